The van der Waals surface area contributed by atoms with E-state index >= 15 is 0 Å². The highest BCUT2D eigenvalue weighted by Gasteiger charge is 2.23. The fraction of sp³-hybridized carbons (Fsp3) is 0.538. The van der Waals surface area contributed by atoms with Crippen LogP contribution in [0, 0.1) is 5.82 Å². The van der Waals surface area contributed by atoms with Crippen molar-refractivity contribution in [2.75, 3.05) is 26.9 Å². The summed E-state index contributed by atoms with van der Waals surface area (Å²) in [4.78, 5) is -0.261. The van der Waals surface area contributed by atoms with Crippen LogP contribution in [0.4, 0.5) is 4.39 Å². The molecule has 0 saturated heterocycles. The summed E-state index contributed by atoms with van der Waals surface area (Å²) < 4.78 is 50.3. The lowest BCUT2D eigenvalue weighted by Gasteiger charge is -2.19. The smallest absolute Gasteiger partial charge is 0.244 e. The third-order valence-corrected chi connectivity index (χ3v) is 3.88. The van der Waals surface area contributed by atoms with Crippen LogP contribution in [0.3, 0.4) is 0 Å². The monoisotopic (exact) mass is 320 g/mol. The van der Waals surface area contributed by atoms with Crippen LogP contribution in [-0.4, -0.2) is 40.8 Å². The molecule has 1 rings (SSSR count). The van der Waals surface area contributed by atoms with Gasteiger partial charge in [-0.05, 0) is 32.0 Å². The van der Waals surface area contributed by atoms with Crippen LogP contribution in [0.2, 0.25) is 0 Å². The SMILES string of the molecule is COCCOc1ccc(F)cc1S(=O)(=O)NCC(C)(C)N. The van der Waals surface area contributed by atoms with E-state index in [4.69, 9.17) is 15.2 Å². The van der Waals surface area contributed by atoms with Gasteiger partial charge < -0.3 is 15.2 Å². The van der Waals surface area contributed by atoms with E-state index in [0.29, 0.717) is 6.61 Å². The molecule has 120 valence electrons. The fourth-order valence-electron chi connectivity index (χ4n) is 1.40. The Labute approximate surface area is 124 Å². The largest absolute Gasteiger partial charge is 0.490 e. The number of halogens is 1. The molecule has 1 aromatic rings. The molecule has 0 aliphatic heterocycles. The van der Waals surface area contributed by atoms with Crippen molar-refractivity contribution in [3.05, 3.63) is 24.0 Å². The topological polar surface area (TPSA) is 90.6 Å². The molecule has 0 aliphatic rings. The molecule has 0 fully saturated rings. The Morgan fingerprint density at radius 3 is 2.57 bits per heavy atom. The zero-order valence-electron chi connectivity index (χ0n) is 12.3. The zero-order valence-corrected chi connectivity index (χ0v) is 13.2. The summed E-state index contributed by atoms with van der Waals surface area (Å²) in [5, 5.41) is 0. The molecule has 0 heterocycles. The van der Waals surface area contributed by atoms with E-state index in [0.717, 1.165) is 12.1 Å². The van der Waals surface area contributed by atoms with Crippen LogP contribution in [0.5, 0.6) is 5.75 Å². The number of nitrogens with one attached hydrogen (secondary N) is 1. The van der Waals surface area contributed by atoms with Crippen LogP contribution in [-0.2, 0) is 14.8 Å². The Morgan fingerprint density at radius 2 is 2.00 bits per heavy atom. The predicted molar refractivity (Wildman–Crippen MR) is 77.2 cm³/mol. The second kappa shape index (κ2) is 7.17. The van der Waals surface area contributed by atoms with E-state index in [1.165, 1.54) is 13.2 Å². The first-order valence-corrected chi connectivity index (χ1v) is 7.84. The Kier molecular flexibility index (Phi) is 6.09. The highest BCUT2D eigenvalue weighted by molar-refractivity contribution is 7.89. The molecule has 0 atom stereocenters. The van der Waals surface area contributed by atoms with Gasteiger partial charge in [0.05, 0.1) is 6.61 Å². The van der Waals surface area contributed by atoms with Crippen molar-refractivity contribution in [1.29, 1.82) is 0 Å². The van der Waals surface area contributed by atoms with E-state index in [9.17, 15) is 12.8 Å². The van der Waals surface area contributed by atoms with Gasteiger partial charge in [0, 0.05) is 19.2 Å². The molecule has 6 nitrogen and oxygen atoms in total. The van der Waals surface area contributed by atoms with Crippen LogP contribution >= 0.6 is 0 Å². The number of rotatable bonds is 8. The van der Waals surface area contributed by atoms with Gasteiger partial charge in [-0.1, -0.05) is 0 Å². The van der Waals surface area contributed by atoms with E-state index < -0.39 is 21.4 Å². The third-order valence-electron chi connectivity index (χ3n) is 2.46. The molecule has 8 heteroatoms. The van der Waals surface area contributed by atoms with Crippen molar-refractivity contribution in [3.63, 3.8) is 0 Å². The van der Waals surface area contributed by atoms with Gasteiger partial charge in [-0.15, -0.1) is 0 Å². The average molecular weight is 320 g/mol. The summed E-state index contributed by atoms with van der Waals surface area (Å²) in [6.45, 7) is 3.82. The lowest BCUT2D eigenvalue weighted by molar-refractivity contribution is 0.144. The van der Waals surface area contributed by atoms with Gasteiger partial charge in [0.1, 0.15) is 23.1 Å². The van der Waals surface area contributed by atoms with Crippen molar-refractivity contribution >= 4 is 10.0 Å². The summed E-state index contributed by atoms with van der Waals surface area (Å²) in [5.41, 5.74) is 5.01. The first kappa shape index (κ1) is 17.8. The average Bonchev–Trinajstić information content (AvgIpc) is 2.38. The molecule has 1 aromatic carbocycles. The molecule has 21 heavy (non-hydrogen) atoms. The van der Waals surface area contributed by atoms with Crippen molar-refractivity contribution in [1.82, 2.24) is 4.72 Å². The number of hydrogen-bond donors (Lipinski definition) is 2. The fourth-order valence-corrected chi connectivity index (χ4v) is 2.78. The third kappa shape index (κ3) is 5.96. The minimum Gasteiger partial charge on any atom is -0.490 e. The maximum Gasteiger partial charge on any atom is 0.244 e. The minimum absolute atomic E-state index is 0.0172. The van der Waals surface area contributed by atoms with E-state index in [-0.39, 0.29) is 23.8 Å². The number of benzene rings is 1. The lowest BCUT2D eigenvalue weighted by atomic mass is 10.1. The van der Waals surface area contributed by atoms with Gasteiger partial charge in [-0.25, -0.2) is 17.5 Å². The number of methoxy groups -OCH3 is 1. The standard InChI is InChI=1S/C13H21FN2O4S/c1-13(2,15)9-16-21(17,18)12-8-10(14)4-5-11(12)20-7-6-19-3/h4-5,8,16H,6-7,9,15H2,1-3H3. The van der Waals surface area contributed by atoms with E-state index in [1.54, 1.807) is 13.8 Å². The van der Waals surface area contributed by atoms with Crippen LogP contribution < -0.4 is 15.2 Å². The maximum absolute atomic E-state index is 13.3. The summed E-state index contributed by atoms with van der Waals surface area (Å²) in [7, 11) is -2.42. The minimum atomic E-state index is -3.92. The summed E-state index contributed by atoms with van der Waals surface area (Å²) >= 11 is 0. The van der Waals surface area contributed by atoms with Gasteiger partial charge in [0.2, 0.25) is 10.0 Å². The molecule has 0 spiro atoms. The molecule has 0 unspecified atom stereocenters. The molecular formula is C13H21FN2O4S. The van der Waals surface area contributed by atoms with Gasteiger partial charge in [-0.2, -0.15) is 0 Å². The number of ether oxygens (including phenoxy) is 2. The summed E-state index contributed by atoms with van der Waals surface area (Å²) in [6.07, 6.45) is 0. The molecular weight excluding hydrogens is 299 g/mol. The lowest BCUT2D eigenvalue weighted by Crippen LogP contribution is -2.45. The first-order valence-electron chi connectivity index (χ1n) is 6.35. The van der Waals surface area contributed by atoms with Crippen molar-refractivity contribution < 1.29 is 22.3 Å². The zero-order chi connectivity index (χ0) is 16.1. The highest BCUT2D eigenvalue weighted by Crippen LogP contribution is 2.24. The van der Waals surface area contributed by atoms with Gasteiger partial charge >= 0.3 is 0 Å². The Balaban J connectivity index is 3.00. The van der Waals surface area contributed by atoms with Crippen molar-refractivity contribution in [2.45, 2.75) is 24.3 Å². The van der Waals surface area contributed by atoms with Crippen molar-refractivity contribution in [2.24, 2.45) is 5.73 Å². The molecule has 0 saturated carbocycles. The van der Waals surface area contributed by atoms with Gasteiger partial charge in [0.15, 0.2) is 0 Å². The normalized spacial score (nSPS) is 12.4. The highest BCUT2D eigenvalue weighted by atomic mass is 32.2. The Hall–Kier alpha value is -1.22. The first-order chi connectivity index (χ1) is 9.65. The van der Waals surface area contributed by atoms with Crippen molar-refractivity contribution in [3.8, 4) is 5.75 Å². The maximum atomic E-state index is 13.3. The summed E-state index contributed by atoms with van der Waals surface area (Å²) in [5.74, 6) is -0.600. The molecule has 0 aromatic heterocycles. The Bertz CT molecular complexity index is 570. The molecule has 0 bridgehead atoms. The van der Waals surface area contributed by atoms with Crippen LogP contribution in [0.25, 0.3) is 0 Å². The van der Waals surface area contributed by atoms with Crippen LogP contribution in [0.1, 0.15) is 13.8 Å². The van der Waals surface area contributed by atoms with Gasteiger partial charge in [-0.3, -0.25) is 0 Å². The quantitative estimate of drug-likeness (QED) is 0.694. The second-order valence-corrected chi connectivity index (χ2v) is 6.98. The molecule has 0 radical (unpaired) electrons. The Morgan fingerprint density at radius 1 is 1.33 bits per heavy atom. The van der Waals surface area contributed by atoms with Gasteiger partial charge in [0.25, 0.3) is 0 Å². The molecule has 0 aliphatic carbocycles. The van der Waals surface area contributed by atoms with E-state index in [1.807, 2.05) is 0 Å². The number of nitrogens with two attached hydrogens (primary N) is 1. The molecule has 0 amide bonds. The number of hydrogen-bond acceptors (Lipinski definition) is 5. The summed E-state index contributed by atoms with van der Waals surface area (Å²) in [6, 6.07) is 3.31. The number of sulfonamides is 1. The second-order valence-electron chi connectivity index (χ2n) is 5.25. The van der Waals surface area contributed by atoms with E-state index in [2.05, 4.69) is 4.72 Å². The molecule has 3 N–H and O–H groups in total. The van der Waals surface area contributed by atoms with Crippen LogP contribution in [0.15, 0.2) is 23.1 Å². The predicted octanol–water partition coefficient (Wildman–Crippen LogP) is 0.867.